The predicted octanol–water partition coefficient (Wildman–Crippen LogP) is 7.56. The number of carboxylic acid groups (broad SMARTS) is 1. The van der Waals surface area contributed by atoms with Gasteiger partial charge in [-0.3, -0.25) is 4.79 Å². The largest absolute Gasteiger partial charge is 0.480 e. The minimum absolute atomic E-state index is 0.0239. The summed E-state index contributed by atoms with van der Waals surface area (Å²) in [6.45, 7) is 4.39. The molecule has 4 fully saturated rings. The van der Waals surface area contributed by atoms with E-state index in [-0.39, 0.29) is 23.5 Å². The van der Waals surface area contributed by atoms with Crippen LogP contribution < -0.4 is 11.1 Å². The van der Waals surface area contributed by atoms with Crippen molar-refractivity contribution in [1.29, 1.82) is 0 Å². The number of unbranched alkanes of at least 4 members (excludes halogenated alkanes) is 10. The van der Waals surface area contributed by atoms with E-state index in [0.29, 0.717) is 12.8 Å². The fraction of sp³-hybridized carbons (Fsp3) is 0.909. The van der Waals surface area contributed by atoms with Crippen LogP contribution in [-0.2, 0) is 9.59 Å². The minimum Gasteiger partial charge on any atom is -0.480 e. The van der Waals surface area contributed by atoms with Crippen LogP contribution in [-0.4, -0.2) is 45.5 Å². The number of carbonyl (C=O) groups excluding carboxylic acids is 2. The van der Waals surface area contributed by atoms with E-state index in [1.807, 2.05) is 0 Å². The molecule has 3 amide bonds. The fourth-order valence-electron chi connectivity index (χ4n) is 8.70. The van der Waals surface area contributed by atoms with Gasteiger partial charge in [0.05, 0.1) is 0 Å². The average Bonchev–Trinajstić information content (AvgIpc) is 2.89. The van der Waals surface area contributed by atoms with Crippen LogP contribution in [0.4, 0.5) is 4.79 Å². The first-order valence-electron chi connectivity index (χ1n) is 16.9. The van der Waals surface area contributed by atoms with Gasteiger partial charge in [-0.05, 0) is 82.0 Å². The van der Waals surface area contributed by atoms with Crippen molar-refractivity contribution in [2.75, 3.05) is 0 Å². The molecule has 7 heteroatoms. The lowest BCUT2D eigenvalue weighted by molar-refractivity contribution is -0.142. The summed E-state index contributed by atoms with van der Waals surface area (Å²) in [5.41, 5.74) is 6.08. The van der Waals surface area contributed by atoms with Crippen LogP contribution in [0.5, 0.6) is 0 Å². The summed E-state index contributed by atoms with van der Waals surface area (Å²) in [5.74, 6) is 1.32. The van der Waals surface area contributed by atoms with Crippen molar-refractivity contribution in [3.8, 4) is 0 Å². The smallest absolute Gasteiger partial charge is 0.326 e. The number of carboxylic acids is 1. The predicted molar refractivity (Wildman–Crippen MR) is 161 cm³/mol. The van der Waals surface area contributed by atoms with Gasteiger partial charge in [-0.25, -0.2) is 9.59 Å². The Morgan fingerprint density at radius 3 is 1.80 bits per heavy atom. The summed E-state index contributed by atoms with van der Waals surface area (Å²) < 4.78 is 0. The SMILES string of the molecule is CCCCCCCCC(NC(=O)CCCCCCCCC(CC)N(C(N)=O)C12CC3CC(CC(C3)C1)C2)C(=O)O. The Bertz CT molecular complexity index is 765. The summed E-state index contributed by atoms with van der Waals surface area (Å²) in [7, 11) is 0. The van der Waals surface area contributed by atoms with Gasteiger partial charge in [0.1, 0.15) is 6.04 Å². The number of nitrogens with one attached hydrogen (secondary N) is 1. The molecular weight excluding hydrogens is 502 g/mol. The number of hydrogen-bond donors (Lipinski definition) is 3. The molecule has 2 atom stereocenters. The quantitative estimate of drug-likeness (QED) is 0.126. The fourth-order valence-corrected chi connectivity index (χ4v) is 8.70. The molecule has 0 aromatic carbocycles. The molecule has 4 N–H and O–H groups in total. The third-order valence-electron chi connectivity index (χ3n) is 10.3. The zero-order valence-electron chi connectivity index (χ0n) is 25.6. The van der Waals surface area contributed by atoms with Crippen LogP contribution >= 0.6 is 0 Å². The van der Waals surface area contributed by atoms with Crippen molar-refractivity contribution in [3.63, 3.8) is 0 Å². The molecule has 0 spiro atoms. The summed E-state index contributed by atoms with van der Waals surface area (Å²) in [4.78, 5) is 38.8. The lowest BCUT2D eigenvalue weighted by Crippen LogP contribution is -2.65. The highest BCUT2D eigenvalue weighted by molar-refractivity contribution is 5.83. The van der Waals surface area contributed by atoms with E-state index in [0.717, 1.165) is 88.4 Å². The number of hydrogen-bond acceptors (Lipinski definition) is 3. The highest BCUT2D eigenvalue weighted by atomic mass is 16.4. The number of carbonyl (C=O) groups is 3. The molecule has 4 saturated carbocycles. The van der Waals surface area contributed by atoms with Crippen molar-refractivity contribution in [1.82, 2.24) is 10.2 Å². The molecule has 0 saturated heterocycles. The lowest BCUT2D eigenvalue weighted by Gasteiger charge is -2.61. The van der Waals surface area contributed by atoms with E-state index in [2.05, 4.69) is 24.1 Å². The number of nitrogens with zero attached hydrogens (tertiary/aromatic N) is 1. The summed E-state index contributed by atoms with van der Waals surface area (Å²) in [5, 5.41) is 12.2. The summed E-state index contributed by atoms with van der Waals surface area (Å²) >= 11 is 0. The standard InChI is InChI=1S/C33H59N3O4/c1-3-5-6-7-11-14-17-29(31(38)39)35-30(37)18-15-12-9-8-10-13-16-28(4-2)36(32(34)40)33-22-25-19-26(23-33)21-27(20-25)24-33/h25-29H,3-24H2,1-2H3,(H2,34,40)(H,35,37)(H,38,39). The zero-order valence-corrected chi connectivity index (χ0v) is 25.6. The van der Waals surface area contributed by atoms with Crippen molar-refractivity contribution in [2.24, 2.45) is 23.5 Å². The Hall–Kier alpha value is -1.79. The molecule has 2 unspecified atom stereocenters. The number of amides is 3. The first kappa shape index (κ1) is 32.7. The van der Waals surface area contributed by atoms with Crippen LogP contribution in [0.15, 0.2) is 0 Å². The molecule has 4 aliphatic carbocycles. The molecule has 0 radical (unpaired) electrons. The van der Waals surface area contributed by atoms with Gasteiger partial charge in [-0.1, -0.05) is 84.5 Å². The molecule has 4 aliphatic rings. The van der Waals surface area contributed by atoms with Gasteiger partial charge in [0.2, 0.25) is 5.91 Å². The summed E-state index contributed by atoms with van der Waals surface area (Å²) in [6.07, 6.45) is 23.4. The number of primary amides is 1. The first-order chi connectivity index (χ1) is 19.3. The molecule has 0 aromatic heterocycles. The van der Waals surface area contributed by atoms with E-state index in [4.69, 9.17) is 5.73 Å². The molecule has 0 heterocycles. The van der Waals surface area contributed by atoms with E-state index in [1.165, 1.54) is 57.8 Å². The first-order valence-corrected chi connectivity index (χ1v) is 16.9. The molecule has 0 aliphatic heterocycles. The Balaban J connectivity index is 1.28. The average molecular weight is 562 g/mol. The Kier molecular flexibility index (Phi) is 13.6. The highest BCUT2D eigenvalue weighted by Crippen LogP contribution is 2.58. The van der Waals surface area contributed by atoms with Crippen molar-refractivity contribution in [3.05, 3.63) is 0 Å². The second-order valence-electron chi connectivity index (χ2n) is 13.6. The zero-order chi connectivity index (χ0) is 29.0. The maximum absolute atomic E-state index is 12.8. The van der Waals surface area contributed by atoms with Crippen molar-refractivity contribution >= 4 is 17.9 Å². The number of nitrogens with two attached hydrogens (primary N) is 1. The molecule has 4 bridgehead atoms. The van der Waals surface area contributed by atoms with E-state index >= 15 is 0 Å². The normalized spacial score (nSPS) is 26.4. The maximum atomic E-state index is 12.8. The highest BCUT2D eigenvalue weighted by Gasteiger charge is 2.55. The Labute approximate surface area is 243 Å². The molecule has 230 valence electrons. The van der Waals surface area contributed by atoms with Gasteiger partial charge in [-0.15, -0.1) is 0 Å². The molecule has 4 rings (SSSR count). The Morgan fingerprint density at radius 2 is 1.30 bits per heavy atom. The topological polar surface area (TPSA) is 113 Å². The second-order valence-corrected chi connectivity index (χ2v) is 13.6. The van der Waals surface area contributed by atoms with Gasteiger partial charge < -0.3 is 21.1 Å². The minimum atomic E-state index is -0.926. The Morgan fingerprint density at radius 1 is 0.800 bits per heavy atom. The third-order valence-corrected chi connectivity index (χ3v) is 10.3. The molecule has 0 aromatic rings. The van der Waals surface area contributed by atoms with Gasteiger partial charge >= 0.3 is 12.0 Å². The van der Waals surface area contributed by atoms with Crippen LogP contribution in [0.1, 0.15) is 155 Å². The van der Waals surface area contributed by atoms with Crippen LogP contribution in [0.25, 0.3) is 0 Å². The van der Waals surface area contributed by atoms with Gasteiger partial charge in [0, 0.05) is 18.0 Å². The summed E-state index contributed by atoms with van der Waals surface area (Å²) in [6, 6.07) is -0.719. The monoisotopic (exact) mass is 561 g/mol. The van der Waals surface area contributed by atoms with E-state index in [9.17, 15) is 19.5 Å². The van der Waals surface area contributed by atoms with Gasteiger partial charge in [0.25, 0.3) is 0 Å². The van der Waals surface area contributed by atoms with Crippen LogP contribution in [0.3, 0.4) is 0 Å². The second kappa shape index (κ2) is 16.6. The van der Waals surface area contributed by atoms with Crippen molar-refractivity contribution in [2.45, 2.75) is 173 Å². The van der Waals surface area contributed by atoms with E-state index in [1.54, 1.807) is 0 Å². The van der Waals surface area contributed by atoms with Gasteiger partial charge in [-0.2, -0.15) is 0 Å². The number of urea groups is 1. The molecule has 7 nitrogen and oxygen atoms in total. The van der Waals surface area contributed by atoms with Crippen LogP contribution in [0, 0.1) is 17.8 Å². The van der Waals surface area contributed by atoms with E-state index < -0.39 is 12.0 Å². The lowest BCUT2D eigenvalue weighted by atomic mass is 9.52. The maximum Gasteiger partial charge on any atom is 0.326 e. The van der Waals surface area contributed by atoms with Gasteiger partial charge in [0.15, 0.2) is 0 Å². The molecule has 40 heavy (non-hydrogen) atoms. The van der Waals surface area contributed by atoms with Crippen LogP contribution in [0.2, 0.25) is 0 Å². The third kappa shape index (κ3) is 9.65. The van der Waals surface area contributed by atoms with Crippen molar-refractivity contribution < 1.29 is 19.5 Å². The number of aliphatic carboxylic acids is 1. The molecular formula is C33H59N3O4. The number of rotatable bonds is 21.